The molecule has 104 valence electrons. The second-order valence-electron chi connectivity index (χ2n) is 4.49. The Morgan fingerprint density at radius 2 is 1.95 bits per heavy atom. The normalized spacial score (nSPS) is 16.9. The van der Waals surface area contributed by atoms with Gasteiger partial charge in [-0.05, 0) is 18.9 Å². The molecule has 0 atom stereocenters. The summed E-state index contributed by atoms with van der Waals surface area (Å²) in [5, 5.41) is 2.82. The molecular weight excluding hydrogens is 247 g/mol. The first-order valence-electron chi connectivity index (χ1n) is 6.19. The van der Waals surface area contributed by atoms with E-state index in [9.17, 15) is 14.0 Å². The van der Waals surface area contributed by atoms with Crippen LogP contribution in [-0.4, -0.2) is 35.8 Å². The molecule has 0 bridgehead atoms. The second kappa shape index (κ2) is 6.87. The highest BCUT2D eigenvalue weighted by atomic mass is 19.1. The summed E-state index contributed by atoms with van der Waals surface area (Å²) in [5.41, 5.74) is -0.0621. The predicted molar refractivity (Wildman–Crippen MR) is 71.9 cm³/mol. The number of amides is 2. The van der Waals surface area contributed by atoms with Crippen LogP contribution in [0.3, 0.4) is 0 Å². The van der Waals surface area contributed by atoms with Crippen molar-refractivity contribution in [3.8, 4) is 0 Å². The van der Waals surface area contributed by atoms with Crippen LogP contribution in [-0.2, 0) is 9.59 Å². The Morgan fingerprint density at radius 3 is 2.37 bits per heavy atom. The summed E-state index contributed by atoms with van der Waals surface area (Å²) in [7, 11) is 0. The Bertz CT molecular complexity index is 421. The van der Waals surface area contributed by atoms with E-state index in [1.165, 1.54) is 19.1 Å². The van der Waals surface area contributed by atoms with E-state index < -0.39 is 5.83 Å². The van der Waals surface area contributed by atoms with Crippen LogP contribution >= 0.6 is 0 Å². The van der Waals surface area contributed by atoms with Gasteiger partial charge in [-0.2, -0.15) is 0 Å². The molecule has 0 radical (unpaired) electrons. The van der Waals surface area contributed by atoms with Gasteiger partial charge in [0.15, 0.2) is 0 Å². The molecule has 1 saturated heterocycles. The summed E-state index contributed by atoms with van der Waals surface area (Å²) in [6.45, 7) is 9.06. The maximum absolute atomic E-state index is 13.2. The molecule has 0 aromatic carbocycles. The molecule has 1 N–H and O–H groups in total. The SMILES string of the molecule is C=C/C=C(\C(=C)F)C(=O)N1CCC(NC(C)=O)CC1. The Labute approximate surface area is 112 Å². The van der Waals surface area contributed by atoms with Crippen LogP contribution in [0.25, 0.3) is 0 Å². The third kappa shape index (κ3) is 4.35. The number of carbonyl (C=O) groups excluding carboxylic acids is 2. The van der Waals surface area contributed by atoms with Crippen molar-refractivity contribution >= 4 is 11.8 Å². The Hall–Kier alpha value is -1.91. The summed E-state index contributed by atoms with van der Waals surface area (Å²) in [4.78, 5) is 24.6. The van der Waals surface area contributed by atoms with Gasteiger partial charge in [-0.15, -0.1) is 0 Å². The lowest BCUT2D eigenvalue weighted by molar-refractivity contribution is -0.128. The first-order chi connectivity index (χ1) is 8.95. The number of rotatable bonds is 4. The van der Waals surface area contributed by atoms with Crippen LogP contribution in [0.5, 0.6) is 0 Å². The van der Waals surface area contributed by atoms with Crippen molar-refractivity contribution in [1.82, 2.24) is 10.2 Å². The van der Waals surface area contributed by atoms with Crippen LogP contribution in [0.2, 0.25) is 0 Å². The molecule has 0 aliphatic carbocycles. The zero-order valence-corrected chi connectivity index (χ0v) is 11.1. The Balaban J connectivity index is 2.62. The van der Waals surface area contributed by atoms with Gasteiger partial charge in [0.2, 0.25) is 5.91 Å². The van der Waals surface area contributed by atoms with Crippen molar-refractivity contribution in [2.24, 2.45) is 0 Å². The van der Waals surface area contributed by atoms with E-state index in [-0.39, 0.29) is 23.4 Å². The van der Waals surface area contributed by atoms with E-state index in [2.05, 4.69) is 18.5 Å². The second-order valence-corrected chi connectivity index (χ2v) is 4.49. The van der Waals surface area contributed by atoms with Crippen molar-refractivity contribution in [3.05, 3.63) is 36.7 Å². The first kappa shape index (κ1) is 15.1. The average molecular weight is 266 g/mol. The van der Waals surface area contributed by atoms with Crippen molar-refractivity contribution in [2.45, 2.75) is 25.8 Å². The largest absolute Gasteiger partial charge is 0.353 e. The number of nitrogens with zero attached hydrogens (tertiary/aromatic N) is 1. The molecule has 0 unspecified atom stereocenters. The predicted octanol–water partition coefficient (Wildman–Crippen LogP) is 1.71. The monoisotopic (exact) mass is 266 g/mol. The molecule has 4 nitrogen and oxygen atoms in total. The summed E-state index contributed by atoms with van der Waals surface area (Å²) in [6, 6.07) is 0.0851. The van der Waals surface area contributed by atoms with Crippen molar-refractivity contribution in [3.63, 3.8) is 0 Å². The van der Waals surface area contributed by atoms with Crippen molar-refractivity contribution in [1.29, 1.82) is 0 Å². The maximum Gasteiger partial charge on any atom is 0.256 e. The minimum Gasteiger partial charge on any atom is -0.353 e. The highest BCUT2D eigenvalue weighted by Crippen LogP contribution is 2.17. The number of hydrogen-bond donors (Lipinski definition) is 1. The fraction of sp³-hybridized carbons (Fsp3) is 0.429. The number of allylic oxidation sites excluding steroid dienone is 2. The van der Waals surface area contributed by atoms with Gasteiger partial charge in [-0.3, -0.25) is 9.59 Å². The maximum atomic E-state index is 13.2. The fourth-order valence-corrected chi connectivity index (χ4v) is 2.08. The Kier molecular flexibility index (Phi) is 5.48. The molecule has 2 amide bonds. The quantitative estimate of drug-likeness (QED) is 0.622. The summed E-state index contributed by atoms with van der Waals surface area (Å²) in [5.74, 6) is -1.21. The lowest BCUT2D eigenvalue weighted by Gasteiger charge is -2.32. The van der Waals surface area contributed by atoms with Crippen LogP contribution in [0.15, 0.2) is 36.7 Å². The number of halogens is 1. The van der Waals surface area contributed by atoms with Gasteiger partial charge in [0.25, 0.3) is 5.91 Å². The molecule has 0 aromatic heterocycles. The van der Waals surface area contributed by atoms with Crippen LogP contribution < -0.4 is 5.32 Å². The number of carbonyl (C=O) groups is 2. The van der Waals surface area contributed by atoms with Crippen LogP contribution in [0, 0.1) is 0 Å². The molecule has 0 aromatic rings. The van der Waals surface area contributed by atoms with Gasteiger partial charge in [0.05, 0.1) is 5.57 Å². The standard InChI is InChI=1S/C14H19FN2O2/c1-4-5-13(10(2)15)14(19)17-8-6-12(7-9-17)16-11(3)18/h4-5,12H,1-2,6-9H2,3H3,(H,16,18)/b13-5+. The van der Waals surface area contributed by atoms with E-state index in [4.69, 9.17) is 0 Å². The molecule has 1 aliphatic rings. The minimum absolute atomic E-state index is 0.0621. The van der Waals surface area contributed by atoms with Gasteiger partial charge in [-0.25, -0.2) is 4.39 Å². The lowest BCUT2D eigenvalue weighted by atomic mass is 10.0. The first-order valence-corrected chi connectivity index (χ1v) is 6.19. The highest BCUT2D eigenvalue weighted by Gasteiger charge is 2.26. The zero-order valence-electron chi connectivity index (χ0n) is 11.1. The average Bonchev–Trinajstić information content (AvgIpc) is 2.35. The number of nitrogens with one attached hydrogen (secondary N) is 1. The molecule has 0 spiro atoms. The number of piperidine rings is 1. The molecule has 0 saturated carbocycles. The molecule has 1 heterocycles. The zero-order chi connectivity index (χ0) is 14.4. The minimum atomic E-state index is -0.756. The molecule has 1 rings (SSSR count). The summed E-state index contributed by atoms with van der Waals surface area (Å²) in [6.07, 6.45) is 4.03. The third-order valence-corrected chi connectivity index (χ3v) is 3.00. The molecule has 5 heteroatoms. The number of likely N-dealkylation sites (tertiary alicyclic amines) is 1. The number of hydrogen-bond acceptors (Lipinski definition) is 2. The van der Waals surface area contributed by atoms with Crippen LogP contribution in [0.4, 0.5) is 4.39 Å². The lowest BCUT2D eigenvalue weighted by Crippen LogP contribution is -2.46. The smallest absolute Gasteiger partial charge is 0.256 e. The van der Waals surface area contributed by atoms with Crippen molar-refractivity contribution in [2.75, 3.05) is 13.1 Å². The van der Waals surface area contributed by atoms with E-state index in [0.29, 0.717) is 25.9 Å². The van der Waals surface area contributed by atoms with Gasteiger partial charge in [0, 0.05) is 26.1 Å². The van der Waals surface area contributed by atoms with Gasteiger partial charge < -0.3 is 10.2 Å². The molecule has 1 fully saturated rings. The van der Waals surface area contributed by atoms with E-state index in [0.717, 1.165) is 0 Å². The summed E-state index contributed by atoms with van der Waals surface area (Å²) >= 11 is 0. The molecule has 1 aliphatic heterocycles. The van der Waals surface area contributed by atoms with Gasteiger partial charge in [0.1, 0.15) is 5.83 Å². The molecule has 19 heavy (non-hydrogen) atoms. The van der Waals surface area contributed by atoms with Gasteiger partial charge in [-0.1, -0.05) is 19.2 Å². The highest BCUT2D eigenvalue weighted by molar-refractivity contribution is 5.97. The molecular formula is C14H19FN2O2. The van der Waals surface area contributed by atoms with E-state index in [1.807, 2.05) is 0 Å². The van der Waals surface area contributed by atoms with E-state index in [1.54, 1.807) is 4.90 Å². The van der Waals surface area contributed by atoms with E-state index >= 15 is 0 Å². The van der Waals surface area contributed by atoms with Crippen molar-refractivity contribution < 1.29 is 14.0 Å². The third-order valence-electron chi connectivity index (χ3n) is 3.00. The summed E-state index contributed by atoms with van der Waals surface area (Å²) < 4.78 is 13.2. The van der Waals surface area contributed by atoms with Crippen LogP contribution in [0.1, 0.15) is 19.8 Å². The topological polar surface area (TPSA) is 49.4 Å². The van der Waals surface area contributed by atoms with Gasteiger partial charge >= 0.3 is 0 Å². The fourth-order valence-electron chi connectivity index (χ4n) is 2.08. The Morgan fingerprint density at radius 1 is 1.37 bits per heavy atom.